The lowest BCUT2D eigenvalue weighted by atomic mass is 10.1. The Morgan fingerprint density at radius 1 is 1.26 bits per heavy atom. The highest BCUT2D eigenvalue weighted by Crippen LogP contribution is 2.22. The van der Waals surface area contributed by atoms with E-state index >= 15 is 0 Å². The highest BCUT2D eigenvalue weighted by atomic mass is 79.9. The molecular formula is C19H24BrN3O3S. The van der Waals surface area contributed by atoms with Gasteiger partial charge in [-0.15, -0.1) is 11.3 Å². The summed E-state index contributed by atoms with van der Waals surface area (Å²) in [4.78, 5) is 17.4. The highest BCUT2D eigenvalue weighted by Gasteiger charge is 2.18. The van der Waals surface area contributed by atoms with Gasteiger partial charge >= 0.3 is 6.09 Å². The zero-order valence-electron chi connectivity index (χ0n) is 15.5. The maximum absolute atomic E-state index is 12.0. The van der Waals surface area contributed by atoms with Crippen molar-refractivity contribution in [1.29, 1.82) is 0 Å². The van der Waals surface area contributed by atoms with Gasteiger partial charge in [0.2, 0.25) is 0 Å². The monoisotopic (exact) mass is 453 g/mol. The van der Waals surface area contributed by atoms with Gasteiger partial charge in [-0.3, -0.25) is 15.7 Å². The molecule has 2 rings (SSSR count). The van der Waals surface area contributed by atoms with Crippen LogP contribution in [-0.4, -0.2) is 35.3 Å². The second-order valence-electron chi connectivity index (χ2n) is 6.92. The number of hydrogen-bond donors (Lipinski definition) is 3. The number of aliphatic imine (C=N–C) groups is 1. The Kier molecular flexibility index (Phi) is 7.82. The lowest BCUT2D eigenvalue weighted by Crippen LogP contribution is -2.38. The van der Waals surface area contributed by atoms with Crippen LogP contribution in [0.25, 0.3) is 0 Å². The van der Waals surface area contributed by atoms with E-state index in [4.69, 9.17) is 4.74 Å². The van der Waals surface area contributed by atoms with Gasteiger partial charge in [-0.1, -0.05) is 30.3 Å². The number of alkyl carbamates (subject to hydrolysis) is 1. The molecule has 0 saturated carbocycles. The lowest BCUT2D eigenvalue weighted by molar-refractivity contribution is 0.0524. The fraction of sp³-hybridized carbons (Fsp3) is 0.368. The number of nitrogens with one attached hydrogen (secondary N) is 2. The summed E-state index contributed by atoms with van der Waals surface area (Å²) in [5.74, 6) is 0.359. The third kappa shape index (κ3) is 7.70. The molecule has 6 nitrogen and oxygen atoms in total. The van der Waals surface area contributed by atoms with Gasteiger partial charge in [0.15, 0.2) is 5.84 Å². The van der Waals surface area contributed by atoms with Crippen LogP contribution in [0.4, 0.5) is 4.79 Å². The third-order valence-electron chi connectivity index (χ3n) is 3.42. The molecule has 27 heavy (non-hydrogen) atoms. The maximum atomic E-state index is 12.0. The van der Waals surface area contributed by atoms with Crippen molar-refractivity contribution in [1.82, 2.24) is 10.8 Å². The van der Waals surface area contributed by atoms with Crippen LogP contribution in [0.2, 0.25) is 0 Å². The van der Waals surface area contributed by atoms with Crippen molar-refractivity contribution in [2.24, 2.45) is 4.99 Å². The van der Waals surface area contributed by atoms with Crippen molar-refractivity contribution in [2.45, 2.75) is 38.8 Å². The molecule has 0 aliphatic rings. The standard InChI is InChI=1S/C19H24BrN3O3S/c1-19(2,3)26-18(24)21-12-14(11-13-7-5-4-6-8-13)22-17(23-25)15-9-10-16(20)27-15/h4-10,14,25H,11-12H2,1-3H3,(H,21,24)(H,22,23). The zero-order chi connectivity index (χ0) is 19.9. The minimum atomic E-state index is -0.566. The molecule has 3 N–H and O–H groups in total. The van der Waals surface area contributed by atoms with Crippen LogP contribution < -0.4 is 10.8 Å². The molecule has 1 unspecified atom stereocenters. The molecule has 2 aromatic rings. The van der Waals surface area contributed by atoms with Crippen molar-refractivity contribution < 1.29 is 14.7 Å². The Balaban J connectivity index is 2.15. The molecule has 1 atom stereocenters. The number of hydroxylamine groups is 1. The quantitative estimate of drug-likeness (QED) is 0.344. The van der Waals surface area contributed by atoms with Crippen molar-refractivity contribution in [2.75, 3.05) is 6.54 Å². The molecule has 0 fully saturated rings. The number of amides is 1. The van der Waals surface area contributed by atoms with E-state index in [1.807, 2.05) is 63.2 Å². The number of amidine groups is 1. The van der Waals surface area contributed by atoms with Gasteiger partial charge in [0.05, 0.1) is 14.7 Å². The molecule has 0 spiro atoms. The summed E-state index contributed by atoms with van der Waals surface area (Å²) in [7, 11) is 0. The Labute approximate surface area is 171 Å². The van der Waals surface area contributed by atoms with E-state index in [0.717, 1.165) is 14.2 Å². The number of ether oxygens (including phenoxy) is 1. The smallest absolute Gasteiger partial charge is 0.407 e. The predicted octanol–water partition coefficient (Wildman–Crippen LogP) is 4.37. The van der Waals surface area contributed by atoms with Gasteiger partial charge in [0.25, 0.3) is 0 Å². The molecule has 146 valence electrons. The van der Waals surface area contributed by atoms with E-state index in [-0.39, 0.29) is 12.6 Å². The van der Waals surface area contributed by atoms with Crippen molar-refractivity contribution in [3.05, 3.63) is 56.7 Å². The van der Waals surface area contributed by atoms with Crippen LogP contribution in [0.3, 0.4) is 0 Å². The second kappa shape index (κ2) is 9.87. The third-order valence-corrected chi connectivity index (χ3v) is 5.05. The lowest BCUT2D eigenvalue weighted by Gasteiger charge is -2.21. The first-order valence-corrected chi connectivity index (χ1v) is 10.1. The van der Waals surface area contributed by atoms with Crippen molar-refractivity contribution in [3.63, 3.8) is 0 Å². The molecule has 0 aliphatic heterocycles. The van der Waals surface area contributed by atoms with E-state index in [2.05, 4.69) is 31.7 Å². The molecule has 1 amide bonds. The first kappa shape index (κ1) is 21.4. The van der Waals surface area contributed by atoms with Crippen LogP contribution in [-0.2, 0) is 11.2 Å². The van der Waals surface area contributed by atoms with E-state index in [1.165, 1.54) is 11.3 Å². The van der Waals surface area contributed by atoms with Gasteiger partial charge in [-0.05, 0) is 60.8 Å². The van der Waals surface area contributed by atoms with Gasteiger partial charge in [-0.25, -0.2) is 4.79 Å². The number of rotatable bonds is 6. The SMILES string of the molecule is CC(C)(C)OC(=O)NCC(Cc1ccccc1)N=C(NO)c1ccc(Br)s1. The Bertz CT molecular complexity index is 772. The summed E-state index contributed by atoms with van der Waals surface area (Å²) in [6.07, 6.45) is 0.113. The molecular weight excluding hydrogens is 430 g/mol. The van der Waals surface area contributed by atoms with E-state index < -0.39 is 11.7 Å². The Hall–Kier alpha value is -1.90. The fourth-order valence-electron chi connectivity index (χ4n) is 2.34. The molecule has 0 saturated heterocycles. The van der Waals surface area contributed by atoms with Gasteiger partial charge in [0, 0.05) is 6.54 Å². The van der Waals surface area contributed by atoms with Gasteiger partial charge in [0.1, 0.15) is 5.60 Å². The first-order valence-electron chi connectivity index (χ1n) is 8.51. The molecule has 1 heterocycles. The van der Waals surface area contributed by atoms with E-state index in [9.17, 15) is 10.0 Å². The van der Waals surface area contributed by atoms with Crippen LogP contribution in [0.1, 0.15) is 31.2 Å². The zero-order valence-corrected chi connectivity index (χ0v) is 17.9. The molecule has 0 radical (unpaired) electrons. The maximum Gasteiger partial charge on any atom is 0.407 e. The van der Waals surface area contributed by atoms with E-state index in [1.54, 1.807) is 0 Å². The van der Waals surface area contributed by atoms with Crippen LogP contribution >= 0.6 is 27.3 Å². The van der Waals surface area contributed by atoms with Crippen molar-refractivity contribution in [3.8, 4) is 0 Å². The molecule has 8 heteroatoms. The van der Waals surface area contributed by atoms with Crippen molar-refractivity contribution >= 4 is 39.2 Å². The Morgan fingerprint density at radius 3 is 2.52 bits per heavy atom. The van der Waals surface area contributed by atoms with E-state index in [0.29, 0.717) is 12.3 Å². The number of halogens is 1. The topological polar surface area (TPSA) is 83.0 Å². The summed E-state index contributed by atoms with van der Waals surface area (Å²) >= 11 is 4.86. The molecule has 1 aromatic carbocycles. The number of benzene rings is 1. The van der Waals surface area contributed by atoms with Gasteiger partial charge < -0.3 is 10.1 Å². The predicted molar refractivity (Wildman–Crippen MR) is 112 cm³/mol. The summed E-state index contributed by atoms with van der Waals surface area (Å²) in [5, 5.41) is 12.3. The number of hydrogen-bond acceptors (Lipinski definition) is 5. The number of carbonyl (C=O) groups is 1. The summed E-state index contributed by atoms with van der Waals surface area (Å²) < 4.78 is 6.23. The second-order valence-corrected chi connectivity index (χ2v) is 9.38. The number of thiophene rings is 1. The normalized spacial score (nSPS) is 13.1. The number of carbonyl (C=O) groups excluding carboxylic acids is 1. The summed E-state index contributed by atoms with van der Waals surface area (Å²) in [5.41, 5.74) is 2.69. The minimum Gasteiger partial charge on any atom is -0.444 e. The largest absolute Gasteiger partial charge is 0.444 e. The number of nitrogens with zero attached hydrogens (tertiary/aromatic N) is 1. The van der Waals surface area contributed by atoms with Crippen LogP contribution in [0.5, 0.6) is 0 Å². The molecule has 1 aromatic heterocycles. The summed E-state index contributed by atoms with van der Waals surface area (Å²) in [6, 6.07) is 13.3. The average molecular weight is 454 g/mol. The fourth-order valence-corrected chi connectivity index (χ4v) is 3.67. The average Bonchev–Trinajstić information content (AvgIpc) is 3.03. The molecule has 0 aliphatic carbocycles. The van der Waals surface area contributed by atoms with Crippen LogP contribution in [0, 0.1) is 0 Å². The Morgan fingerprint density at radius 2 is 1.96 bits per heavy atom. The first-order chi connectivity index (χ1) is 12.8. The molecule has 0 bridgehead atoms. The minimum absolute atomic E-state index is 0.279. The van der Waals surface area contributed by atoms with Gasteiger partial charge in [-0.2, -0.15) is 0 Å². The van der Waals surface area contributed by atoms with Crippen LogP contribution in [0.15, 0.2) is 51.2 Å². The summed E-state index contributed by atoms with van der Waals surface area (Å²) in [6.45, 7) is 5.72. The highest BCUT2D eigenvalue weighted by molar-refractivity contribution is 9.11.